The molecule has 3 heteroatoms. The van der Waals surface area contributed by atoms with Crippen molar-refractivity contribution in [3.63, 3.8) is 0 Å². The van der Waals surface area contributed by atoms with E-state index in [2.05, 4.69) is 24.5 Å². The van der Waals surface area contributed by atoms with Crippen molar-refractivity contribution >= 4 is 30.0 Å². The summed E-state index contributed by atoms with van der Waals surface area (Å²) >= 11 is 9.40. The Kier molecular flexibility index (Phi) is 4.58. The van der Waals surface area contributed by atoms with Gasteiger partial charge < -0.3 is 0 Å². The van der Waals surface area contributed by atoms with Crippen LogP contribution in [0, 0.1) is 11.8 Å². The van der Waals surface area contributed by atoms with Crippen LogP contribution in [0.1, 0.15) is 15.9 Å². The average molecular weight is 225 g/mol. The zero-order valence-electron chi connectivity index (χ0n) is 7.46. The van der Waals surface area contributed by atoms with Gasteiger partial charge in [-0.2, -0.15) is 12.6 Å². The fraction of sp³-hybridized carbons (Fsp3) is 0.182. The lowest BCUT2D eigenvalue weighted by Crippen LogP contribution is -1.99. The Hall–Kier alpha value is -0.910. The summed E-state index contributed by atoms with van der Waals surface area (Å²) < 4.78 is 0. The number of rotatable bonds is 2. The molecule has 1 rings (SSSR count). The van der Waals surface area contributed by atoms with Gasteiger partial charge in [0.1, 0.15) is 0 Å². The quantitative estimate of drug-likeness (QED) is 0.353. The Morgan fingerprint density at radius 3 is 2.50 bits per heavy atom. The van der Waals surface area contributed by atoms with Crippen molar-refractivity contribution in [2.75, 3.05) is 11.6 Å². The molecule has 0 aliphatic carbocycles. The highest BCUT2D eigenvalue weighted by atomic mass is 35.5. The molecule has 0 bridgehead atoms. The lowest BCUT2D eigenvalue weighted by molar-refractivity contribution is 0.102. The van der Waals surface area contributed by atoms with E-state index in [1.165, 1.54) is 0 Å². The molecule has 1 aromatic carbocycles. The molecule has 1 aromatic rings. The Bertz CT molecular complexity index is 373. The predicted molar refractivity (Wildman–Crippen MR) is 62.2 cm³/mol. The maximum absolute atomic E-state index is 11.2. The summed E-state index contributed by atoms with van der Waals surface area (Å²) in [5, 5.41) is 0. The number of carbonyl (C=O) groups is 1. The zero-order valence-corrected chi connectivity index (χ0v) is 9.11. The van der Waals surface area contributed by atoms with Gasteiger partial charge in [-0.25, -0.2) is 0 Å². The molecule has 0 unspecified atom stereocenters. The molecule has 0 saturated carbocycles. The minimum absolute atomic E-state index is 0.0155. The fourth-order valence-corrected chi connectivity index (χ4v) is 1.19. The van der Waals surface area contributed by atoms with Gasteiger partial charge in [0, 0.05) is 11.1 Å². The number of hydrogen-bond donors (Lipinski definition) is 1. The molecule has 0 fully saturated rings. The van der Waals surface area contributed by atoms with Gasteiger partial charge in [-0.1, -0.05) is 24.0 Å². The second-order valence-corrected chi connectivity index (χ2v) is 3.18. The average Bonchev–Trinajstić information content (AvgIpc) is 2.26. The molecular formula is C11H9ClOS. The second-order valence-electron chi connectivity index (χ2n) is 2.59. The first kappa shape index (κ1) is 11.2. The molecular weight excluding hydrogens is 216 g/mol. The van der Waals surface area contributed by atoms with E-state index in [0.717, 1.165) is 5.56 Å². The third-order valence-corrected chi connectivity index (χ3v) is 2.04. The molecule has 0 spiro atoms. The maximum atomic E-state index is 11.2. The predicted octanol–water partition coefficient (Wildman–Crippen LogP) is 2.39. The van der Waals surface area contributed by atoms with E-state index in [-0.39, 0.29) is 11.7 Å². The maximum Gasteiger partial charge on any atom is 0.177 e. The smallest absolute Gasteiger partial charge is 0.177 e. The first-order chi connectivity index (χ1) is 6.77. The number of alkyl halides is 1. The molecule has 0 heterocycles. The van der Waals surface area contributed by atoms with Crippen molar-refractivity contribution in [2.24, 2.45) is 0 Å². The molecule has 0 aromatic heterocycles. The second kappa shape index (κ2) is 5.74. The lowest BCUT2D eigenvalue weighted by Gasteiger charge is -1.96. The molecule has 0 amide bonds. The Morgan fingerprint density at radius 2 is 2.00 bits per heavy atom. The lowest BCUT2D eigenvalue weighted by atomic mass is 10.1. The van der Waals surface area contributed by atoms with E-state index in [4.69, 9.17) is 11.6 Å². The number of carbonyl (C=O) groups excluding carboxylic acids is 1. The van der Waals surface area contributed by atoms with Crippen LogP contribution >= 0.6 is 24.2 Å². The molecule has 0 saturated heterocycles. The minimum atomic E-state index is -0.0691. The number of Topliss-reactive ketones (excluding diaryl/α,β-unsaturated/α-hetero) is 1. The van der Waals surface area contributed by atoms with Crippen molar-refractivity contribution in [1.82, 2.24) is 0 Å². The van der Waals surface area contributed by atoms with Gasteiger partial charge in [0.2, 0.25) is 0 Å². The third-order valence-electron chi connectivity index (χ3n) is 1.64. The van der Waals surface area contributed by atoms with Crippen molar-refractivity contribution in [1.29, 1.82) is 0 Å². The molecule has 0 atom stereocenters. The van der Waals surface area contributed by atoms with Crippen LogP contribution in [-0.2, 0) is 0 Å². The van der Waals surface area contributed by atoms with Gasteiger partial charge in [0.15, 0.2) is 5.78 Å². The van der Waals surface area contributed by atoms with E-state index in [1.54, 1.807) is 24.3 Å². The number of thiol groups is 1. The highest BCUT2D eigenvalue weighted by molar-refractivity contribution is 7.80. The summed E-state index contributed by atoms with van der Waals surface area (Å²) in [4.78, 5) is 11.2. The zero-order chi connectivity index (χ0) is 10.4. The highest BCUT2D eigenvalue weighted by Gasteiger charge is 2.01. The normalized spacial score (nSPS) is 9.00. The van der Waals surface area contributed by atoms with Crippen LogP contribution in [0.2, 0.25) is 0 Å². The summed E-state index contributed by atoms with van der Waals surface area (Å²) in [5.41, 5.74) is 1.50. The van der Waals surface area contributed by atoms with Crippen LogP contribution in [0.15, 0.2) is 24.3 Å². The Balaban J connectivity index is 2.83. The van der Waals surface area contributed by atoms with Crippen molar-refractivity contribution < 1.29 is 4.79 Å². The van der Waals surface area contributed by atoms with E-state index in [9.17, 15) is 4.79 Å². The Morgan fingerprint density at radius 1 is 1.36 bits per heavy atom. The van der Waals surface area contributed by atoms with Crippen LogP contribution in [0.3, 0.4) is 0 Å². The summed E-state index contributed by atoms with van der Waals surface area (Å²) in [7, 11) is 0. The summed E-state index contributed by atoms with van der Waals surface area (Å²) in [6, 6.07) is 7.06. The van der Waals surface area contributed by atoms with Crippen LogP contribution in [-0.4, -0.2) is 17.4 Å². The van der Waals surface area contributed by atoms with Crippen molar-refractivity contribution in [3.05, 3.63) is 35.4 Å². The van der Waals surface area contributed by atoms with Gasteiger partial charge in [0.05, 0.1) is 11.6 Å². The molecule has 0 aliphatic rings. The van der Waals surface area contributed by atoms with Gasteiger partial charge >= 0.3 is 0 Å². The molecule has 0 N–H and O–H groups in total. The Labute approximate surface area is 93.9 Å². The van der Waals surface area contributed by atoms with E-state index in [1.807, 2.05) is 0 Å². The number of benzene rings is 1. The van der Waals surface area contributed by atoms with E-state index >= 15 is 0 Å². The van der Waals surface area contributed by atoms with Gasteiger partial charge in [-0.3, -0.25) is 4.79 Å². The van der Waals surface area contributed by atoms with Gasteiger partial charge in [-0.05, 0) is 12.1 Å². The van der Waals surface area contributed by atoms with Gasteiger partial charge in [0.25, 0.3) is 0 Å². The minimum Gasteiger partial charge on any atom is -0.293 e. The number of halogens is 1. The number of hydrogen-bond acceptors (Lipinski definition) is 2. The van der Waals surface area contributed by atoms with Crippen LogP contribution in [0.25, 0.3) is 0 Å². The summed E-state index contributed by atoms with van der Waals surface area (Å²) in [6.45, 7) is 0. The SMILES string of the molecule is O=C(CCl)c1ccc(C#CCS)cc1. The molecule has 14 heavy (non-hydrogen) atoms. The first-order valence-corrected chi connectivity index (χ1v) is 5.23. The van der Waals surface area contributed by atoms with Crippen LogP contribution in [0.5, 0.6) is 0 Å². The van der Waals surface area contributed by atoms with Gasteiger partial charge in [-0.15, -0.1) is 11.6 Å². The highest BCUT2D eigenvalue weighted by Crippen LogP contribution is 2.05. The summed E-state index contributed by atoms with van der Waals surface area (Å²) in [6.07, 6.45) is 0. The summed E-state index contributed by atoms with van der Waals surface area (Å²) in [5.74, 6) is 6.21. The first-order valence-electron chi connectivity index (χ1n) is 4.07. The van der Waals surface area contributed by atoms with E-state index < -0.39 is 0 Å². The standard InChI is InChI=1S/C11H9ClOS/c12-8-11(13)10-5-3-9(4-6-10)2-1-7-14/h3-6,14H,7-8H2. The van der Waals surface area contributed by atoms with Crippen LogP contribution in [0.4, 0.5) is 0 Å². The van der Waals surface area contributed by atoms with Crippen molar-refractivity contribution in [3.8, 4) is 11.8 Å². The monoisotopic (exact) mass is 224 g/mol. The van der Waals surface area contributed by atoms with Crippen LogP contribution < -0.4 is 0 Å². The molecule has 0 aliphatic heterocycles. The fourth-order valence-electron chi connectivity index (χ4n) is 0.958. The molecule has 72 valence electrons. The molecule has 0 radical (unpaired) electrons. The topological polar surface area (TPSA) is 17.1 Å². The van der Waals surface area contributed by atoms with Crippen molar-refractivity contribution in [2.45, 2.75) is 0 Å². The molecule has 1 nitrogen and oxygen atoms in total. The third kappa shape index (κ3) is 3.10. The number of ketones is 1. The largest absolute Gasteiger partial charge is 0.293 e. The van der Waals surface area contributed by atoms with E-state index in [0.29, 0.717) is 11.3 Å².